The van der Waals surface area contributed by atoms with E-state index in [1.807, 2.05) is 42.5 Å². The van der Waals surface area contributed by atoms with Gasteiger partial charge in [-0.1, -0.05) is 18.2 Å². The number of hydrogen-bond donors (Lipinski definition) is 3. The minimum absolute atomic E-state index is 0.0428. The first-order valence-corrected chi connectivity index (χ1v) is 7.91. The molecular formula is C19H17N3O2. The number of aromatic nitrogens is 2. The van der Waals surface area contributed by atoms with Crippen LogP contribution in [-0.2, 0) is 6.42 Å². The monoisotopic (exact) mass is 319 g/mol. The summed E-state index contributed by atoms with van der Waals surface area (Å²) in [7, 11) is 0. The SMILES string of the molecule is O=C1CC(O)Cc2[nH]c(-c3ccncc3)c(Nc3ccccc3)c21. The van der Waals surface area contributed by atoms with Gasteiger partial charge in [-0.05, 0) is 24.3 Å². The zero-order chi connectivity index (χ0) is 16.5. The van der Waals surface area contributed by atoms with Crippen molar-refractivity contribution >= 4 is 17.2 Å². The summed E-state index contributed by atoms with van der Waals surface area (Å²) in [5.74, 6) is -0.0428. The fourth-order valence-electron chi connectivity index (χ4n) is 3.16. The molecule has 0 saturated heterocycles. The van der Waals surface area contributed by atoms with E-state index in [0.717, 1.165) is 28.3 Å². The minimum atomic E-state index is -0.626. The molecule has 2 aromatic heterocycles. The second-order valence-corrected chi connectivity index (χ2v) is 5.94. The summed E-state index contributed by atoms with van der Waals surface area (Å²) >= 11 is 0. The maximum atomic E-state index is 12.5. The van der Waals surface area contributed by atoms with Gasteiger partial charge in [-0.3, -0.25) is 9.78 Å². The molecule has 0 radical (unpaired) electrons. The van der Waals surface area contributed by atoms with Gasteiger partial charge in [-0.2, -0.15) is 0 Å². The van der Waals surface area contributed by atoms with Crippen molar-refractivity contribution < 1.29 is 9.90 Å². The van der Waals surface area contributed by atoms with Crippen LogP contribution >= 0.6 is 0 Å². The van der Waals surface area contributed by atoms with Crippen molar-refractivity contribution in [3.05, 3.63) is 66.1 Å². The average Bonchev–Trinajstić information content (AvgIpc) is 2.95. The Bertz CT molecular complexity index is 872. The zero-order valence-corrected chi connectivity index (χ0v) is 13.0. The molecule has 1 aliphatic carbocycles. The Morgan fingerprint density at radius 1 is 1.08 bits per heavy atom. The van der Waals surface area contributed by atoms with Crippen LogP contribution in [0.5, 0.6) is 0 Å². The highest BCUT2D eigenvalue weighted by molar-refractivity contribution is 6.07. The van der Waals surface area contributed by atoms with E-state index >= 15 is 0 Å². The first kappa shape index (κ1) is 14.7. The van der Waals surface area contributed by atoms with Crippen LogP contribution in [0.3, 0.4) is 0 Å². The first-order chi connectivity index (χ1) is 11.7. The molecule has 0 amide bonds. The summed E-state index contributed by atoms with van der Waals surface area (Å²) in [5, 5.41) is 13.3. The number of para-hydroxylation sites is 1. The molecule has 5 heteroatoms. The van der Waals surface area contributed by atoms with Crippen LogP contribution < -0.4 is 5.32 Å². The van der Waals surface area contributed by atoms with Crippen molar-refractivity contribution in [3.8, 4) is 11.3 Å². The molecule has 1 atom stereocenters. The highest BCUT2D eigenvalue weighted by Crippen LogP contribution is 2.38. The predicted octanol–water partition coefficient (Wildman–Crippen LogP) is 3.31. The molecule has 120 valence electrons. The van der Waals surface area contributed by atoms with Gasteiger partial charge in [0.05, 0.1) is 23.0 Å². The molecule has 3 aromatic rings. The van der Waals surface area contributed by atoms with Crippen LogP contribution in [-0.4, -0.2) is 27.0 Å². The average molecular weight is 319 g/mol. The summed E-state index contributed by atoms with van der Waals surface area (Å²) in [6.45, 7) is 0. The summed E-state index contributed by atoms with van der Waals surface area (Å²) < 4.78 is 0. The second kappa shape index (κ2) is 5.94. The molecule has 1 aliphatic rings. The van der Waals surface area contributed by atoms with E-state index in [-0.39, 0.29) is 12.2 Å². The van der Waals surface area contributed by atoms with Gasteiger partial charge in [-0.25, -0.2) is 0 Å². The maximum Gasteiger partial charge on any atom is 0.169 e. The molecule has 1 unspecified atom stereocenters. The van der Waals surface area contributed by atoms with Crippen LogP contribution in [0.1, 0.15) is 22.5 Å². The molecule has 0 bridgehead atoms. The Kier molecular flexibility index (Phi) is 3.63. The van der Waals surface area contributed by atoms with E-state index in [4.69, 9.17) is 0 Å². The third-order valence-corrected chi connectivity index (χ3v) is 4.23. The van der Waals surface area contributed by atoms with Crippen molar-refractivity contribution in [2.45, 2.75) is 18.9 Å². The van der Waals surface area contributed by atoms with E-state index in [1.54, 1.807) is 12.4 Å². The molecule has 5 nitrogen and oxygen atoms in total. The highest BCUT2D eigenvalue weighted by Gasteiger charge is 2.30. The van der Waals surface area contributed by atoms with Crippen LogP contribution in [0, 0.1) is 0 Å². The van der Waals surface area contributed by atoms with Gasteiger partial charge in [0, 0.05) is 42.2 Å². The fraction of sp³-hybridized carbons (Fsp3) is 0.158. The van der Waals surface area contributed by atoms with Gasteiger partial charge in [0.25, 0.3) is 0 Å². The number of nitrogens with zero attached hydrogens (tertiary/aromatic N) is 1. The number of benzene rings is 1. The quantitative estimate of drug-likeness (QED) is 0.692. The Morgan fingerprint density at radius 3 is 2.58 bits per heavy atom. The Hall–Kier alpha value is -2.92. The number of pyridine rings is 1. The fourth-order valence-corrected chi connectivity index (χ4v) is 3.16. The number of ketones is 1. The Balaban J connectivity index is 1.87. The highest BCUT2D eigenvalue weighted by atomic mass is 16.3. The van der Waals surface area contributed by atoms with Crippen molar-refractivity contribution in [2.24, 2.45) is 0 Å². The molecule has 24 heavy (non-hydrogen) atoms. The van der Waals surface area contributed by atoms with Crippen LogP contribution in [0.4, 0.5) is 11.4 Å². The number of nitrogens with one attached hydrogen (secondary N) is 2. The van der Waals surface area contributed by atoms with E-state index in [1.165, 1.54) is 0 Å². The summed E-state index contributed by atoms with van der Waals surface area (Å²) in [6.07, 6.45) is 3.43. The number of aliphatic hydroxyl groups excluding tert-OH is 1. The standard InChI is InChI=1S/C19H17N3O2/c23-14-10-15-17(16(24)11-14)19(21-13-4-2-1-3-5-13)18(22-15)12-6-8-20-9-7-12/h1-9,14,21-23H,10-11H2. The molecule has 0 saturated carbocycles. The van der Waals surface area contributed by atoms with Gasteiger partial charge in [0.2, 0.25) is 0 Å². The number of rotatable bonds is 3. The van der Waals surface area contributed by atoms with Gasteiger partial charge < -0.3 is 15.4 Å². The lowest BCUT2D eigenvalue weighted by molar-refractivity contribution is 0.0853. The number of hydrogen-bond acceptors (Lipinski definition) is 4. The van der Waals surface area contributed by atoms with E-state index < -0.39 is 6.10 Å². The van der Waals surface area contributed by atoms with Gasteiger partial charge in [0.1, 0.15) is 0 Å². The Labute approximate surface area is 139 Å². The normalized spacial score (nSPS) is 16.7. The molecule has 4 rings (SSSR count). The summed E-state index contributed by atoms with van der Waals surface area (Å²) in [6, 6.07) is 13.5. The number of H-pyrrole nitrogens is 1. The van der Waals surface area contributed by atoms with Crippen LogP contribution in [0.15, 0.2) is 54.9 Å². The third kappa shape index (κ3) is 2.59. The van der Waals surface area contributed by atoms with Crippen molar-refractivity contribution in [1.29, 1.82) is 0 Å². The third-order valence-electron chi connectivity index (χ3n) is 4.23. The molecule has 1 aromatic carbocycles. The Morgan fingerprint density at radius 2 is 1.83 bits per heavy atom. The van der Waals surface area contributed by atoms with Crippen molar-refractivity contribution in [2.75, 3.05) is 5.32 Å². The lowest BCUT2D eigenvalue weighted by Crippen LogP contribution is -2.23. The van der Waals surface area contributed by atoms with E-state index in [9.17, 15) is 9.90 Å². The van der Waals surface area contributed by atoms with Crippen molar-refractivity contribution in [3.63, 3.8) is 0 Å². The number of carbonyl (C=O) groups excluding carboxylic acids is 1. The number of carbonyl (C=O) groups is 1. The molecule has 0 aliphatic heterocycles. The number of fused-ring (bicyclic) bond motifs is 1. The largest absolute Gasteiger partial charge is 0.392 e. The summed E-state index contributed by atoms with van der Waals surface area (Å²) in [5.41, 5.74) is 4.89. The first-order valence-electron chi connectivity index (χ1n) is 7.91. The van der Waals surface area contributed by atoms with Gasteiger partial charge in [-0.15, -0.1) is 0 Å². The molecule has 3 N–H and O–H groups in total. The van der Waals surface area contributed by atoms with E-state index in [0.29, 0.717) is 12.0 Å². The van der Waals surface area contributed by atoms with E-state index in [2.05, 4.69) is 15.3 Å². The smallest absolute Gasteiger partial charge is 0.169 e. The summed E-state index contributed by atoms with van der Waals surface area (Å²) in [4.78, 5) is 19.9. The van der Waals surface area contributed by atoms with Crippen LogP contribution in [0.25, 0.3) is 11.3 Å². The lowest BCUT2D eigenvalue weighted by Gasteiger charge is -2.17. The number of aromatic amines is 1. The minimum Gasteiger partial charge on any atom is -0.392 e. The lowest BCUT2D eigenvalue weighted by atomic mass is 9.93. The number of Topliss-reactive ketones (excluding diaryl/α,β-unsaturated/α-hetero) is 1. The zero-order valence-electron chi connectivity index (χ0n) is 13.0. The van der Waals surface area contributed by atoms with Crippen LogP contribution in [0.2, 0.25) is 0 Å². The molecule has 2 heterocycles. The predicted molar refractivity (Wildman–Crippen MR) is 92.4 cm³/mol. The van der Waals surface area contributed by atoms with Gasteiger partial charge in [0.15, 0.2) is 5.78 Å². The van der Waals surface area contributed by atoms with Crippen molar-refractivity contribution in [1.82, 2.24) is 9.97 Å². The molecule has 0 spiro atoms. The van der Waals surface area contributed by atoms with Gasteiger partial charge >= 0.3 is 0 Å². The topological polar surface area (TPSA) is 78.0 Å². The number of anilines is 2. The molecular weight excluding hydrogens is 302 g/mol. The molecule has 0 fully saturated rings. The second-order valence-electron chi connectivity index (χ2n) is 5.94. The number of aliphatic hydroxyl groups is 1. The maximum absolute atomic E-state index is 12.5.